The standard InChI is InChI=1S/C25H32O6/c1-4-5-21-29-19-11-17-16-7-6-14-10-15(27)8-9-22(14,2)24(16)20(30-24)12-23(17,3)25(19,31-21)18(28)13-26/h8-10,16-17,19-21,26H,4-7,11-13H2,1-3H3/t16-,17?,19+,20?,21?,22-,23-,24?,25+/m0/s1. The molecule has 0 aromatic carbocycles. The molecule has 2 aliphatic heterocycles. The van der Waals surface area contributed by atoms with E-state index in [1.807, 2.05) is 0 Å². The van der Waals surface area contributed by atoms with Crippen molar-refractivity contribution >= 4 is 11.6 Å². The summed E-state index contributed by atoms with van der Waals surface area (Å²) in [5, 5.41) is 9.92. The van der Waals surface area contributed by atoms with Crippen LogP contribution < -0.4 is 0 Å². The SMILES string of the molecule is CCCC1O[C@@H]2CC3[C@@H]4CCC5=CC(=O)C=C[C@]5(C)C45OC5C[C@]3(C)[C@]2(C(=O)CO)O1. The number of ether oxygens (including phenoxy) is 3. The van der Waals surface area contributed by atoms with Crippen LogP contribution >= 0.6 is 0 Å². The molecule has 6 nitrogen and oxygen atoms in total. The van der Waals surface area contributed by atoms with Crippen LogP contribution in [0.3, 0.4) is 0 Å². The van der Waals surface area contributed by atoms with Crippen molar-refractivity contribution in [3.8, 4) is 0 Å². The van der Waals surface area contributed by atoms with Gasteiger partial charge in [0.2, 0.25) is 0 Å². The fraction of sp³-hybridized carbons (Fsp3) is 0.760. The van der Waals surface area contributed by atoms with E-state index in [1.54, 1.807) is 12.2 Å². The Bertz CT molecular complexity index is 923. The number of carbonyl (C=O) groups excluding carboxylic acids is 2. The lowest BCUT2D eigenvalue weighted by Gasteiger charge is -2.55. The van der Waals surface area contributed by atoms with E-state index >= 15 is 0 Å². The van der Waals surface area contributed by atoms with Gasteiger partial charge in [0.15, 0.2) is 23.5 Å². The Labute approximate surface area is 183 Å². The van der Waals surface area contributed by atoms with Gasteiger partial charge in [0, 0.05) is 10.8 Å². The first kappa shape index (κ1) is 20.3. The summed E-state index contributed by atoms with van der Waals surface area (Å²) in [6.07, 6.45) is 9.80. The van der Waals surface area contributed by atoms with E-state index < -0.39 is 17.6 Å². The molecule has 0 aromatic rings. The molecule has 0 amide bonds. The monoisotopic (exact) mass is 428 g/mol. The lowest BCUT2D eigenvalue weighted by Crippen LogP contribution is -2.63. The number of fused-ring (bicyclic) bond motifs is 5. The van der Waals surface area contributed by atoms with Crippen molar-refractivity contribution in [1.29, 1.82) is 0 Å². The number of hydrogen-bond acceptors (Lipinski definition) is 6. The molecule has 168 valence electrons. The Balaban J connectivity index is 1.42. The van der Waals surface area contributed by atoms with Crippen LogP contribution in [0.1, 0.15) is 59.3 Å². The van der Waals surface area contributed by atoms with Crippen LogP contribution in [-0.2, 0) is 23.8 Å². The van der Waals surface area contributed by atoms with Gasteiger partial charge in [-0.1, -0.05) is 31.9 Å². The highest BCUT2D eigenvalue weighted by Crippen LogP contribution is 2.77. The molecule has 6 rings (SSSR count). The van der Waals surface area contributed by atoms with E-state index in [1.165, 1.54) is 5.57 Å². The predicted octanol–water partition coefficient (Wildman–Crippen LogP) is 2.88. The number of aliphatic hydroxyl groups excluding tert-OH is 1. The first-order chi connectivity index (χ1) is 14.8. The average Bonchev–Trinajstić information content (AvgIpc) is 3.25. The Morgan fingerprint density at radius 3 is 2.77 bits per heavy atom. The third kappa shape index (κ3) is 2.14. The second kappa shape index (κ2) is 6.16. The number of epoxide rings is 1. The van der Waals surface area contributed by atoms with Crippen LogP contribution in [0, 0.1) is 22.7 Å². The molecule has 6 aliphatic rings. The van der Waals surface area contributed by atoms with Crippen molar-refractivity contribution in [3.63, 3.8) is 0 Å². The van der Waals surface area contributed by atoms with Gasteiger partial charge < -0.3 is 19.3 Å². The van der Waals surface area contributed by atoms with Crippen molar-refractivity contribution in [2.75, 3.05) is 6.61 Å². The molecule has 5 fully saturated rings. The second-order valence-corrected chi connectivity index (χ2v) is 10.9. The molecule has 4 aliphatic carbocycles. The van der Waals surface area contributed by atoms with Gasteiger partial charge in [-0.15, -0.1) is 0 Å². The summed E-state index contributed by atoms with van der Waals surface area (Å²) >= 11 is 0. The number of Topliss-reactive ketones (excluding diaryl/α,β-unsaturated/α-hetero) is 1. The largest absolute Gasteiger partial charge is 0.388 e. The Kier molecular flexibility index (Phi) is 4.03. The molecule has 6 heteroatoms. The normalized spacial score (nSPS) is 53.7. The first-order valence-corrected chi connectivity index (χ1v) is 11.9. The number of aliphatic hydroxyl groups is 1. The summed E-state index contributed by atoms with van der Waals surface area (Å²) < 4.78 is 19.4. The van der Waals surface area contributed by atoms with Crippen molar-refractivity contribution < 1.29 is 28.9 Å². The summed E-state index contributed by atoms with van der Waals surface area (Å²) in [4.78, 5) is 25.3. The summed E-state index contributed by atoms with van der Waals surface area (Å²) in [5.74, 6) is 0.285. The topological polar surface area (TPSA) is 85.4 Å². The van der Waals surface area contributed by atoms with E-state index in [4.69, 9.17) is 14.2 Å². The summed E-state index contributed by atoms with van der Waals surface area (Å²) in [7, 11) is 0. The van der Waals surface area contributed by atoms with Crippen LogP contribution in [0.25, 0.3) is 0 Å². The minimum Gasteiger partial charge on any atom is -0.388 e. The van der Waals surface area contributed by atoms with Crippen LogP contribution in [-0.4, -0.2) is 53.0 Å². The molecule has 2 saturated heterocycles. The summed E-state index contributed by atoms with van der Waals surface area (Å²) in [5.41, 5.74) is -0.963. The zero-order valence-electron chi connectivity index (χ0n) is 18.6. The molecule has 1 spiro atoms. The third-order valence-electron chi connectivity index (χ3n) is 9.81. The summed E-state index contributed by atoms with van der Waals surface area (Å²) in [6.45, 7) is 5.93. The lowest BCUT2D eigenvalue weighted by molar-refractivity contribution is -0.181. The summed E-state index contributed by atoms with van der Waals surface area (Å²) in [6, 6.07) is 0. The molecule has 0 radical (unpaired) electrons. The Morgan fingerprint density at radius 2 is 2.03 bits per heavy atom. The van der Waals surface area contributed by atoms with Crippen molar-refractivity contribution in [2.24, 2.45) is 22.7 Å². The van der Waals surface area contributed by atoms with Gasteiger partial charge in [0.25, 0.3) is 0 Å². The Morgan fingerprint density at radius 1 is 1.23 bits per heavy atom. The van der Waals surface area contributed by atoms with E-state index in [0.29, 0.717) is 6.42 Å². The number of hydrogen-bond donors (Lipinski definition) is 1. The molecule has 3 saturated carbocycles. The highest BCUT2D eigenvalue weighted by molar-refractivity contribution is 6.01. The molecular formula is C25H32O6. The fourth-order valence-corrected chi connectivity index (χ4v) is 8.45. The maximum absolute atomic E-state index is 13.3. The van der Waals surface area contributed by atoms with Gasteiger partial charge in [-0.05, 0) is 63.0 Å². The minimum atomic E-state index is -1.10. The Hall–Kier alpha value is -1.34. The number of carbonyl (C=O) groups is 2. The maximum atomic E-state index is 13.3. The van der Waals surface area contributed by atoms with Gasteiger partial charge in [0.05, 0.1) is 12.2 Å². The molecule has 9 atom stereocenters. The van der Waals surface area contributed by atoms with E-state index in [-0.39, 0.29) is 52.9 Å². The van der Waals surface area contributed by atoms with Gasteiger partial charge >= 0.3 is 0 Å². The quantitative estimate of drug-likeness (QED) is 0.693. The molecule has 1 N–H and O–H groups in total. The van der Waals surface area contributed by atoms with Gasteiger partial charge in [-0.3, -0.25) is 9.59 Å². The van der Waals surface area contributed by atoms with Crippen molar-refractivity contribution in [1.82, 2.24) is 0 Å². The highest BCUT2D eigenvalue weighted by Gasteiger charge is 2.84. The van der Waals surface area contributed by atoms with E-state index in [9.17, 15) is 14.7 Å². The van der Waals surface area contributed by atoms with E-state index in [2.05, 4.69) is 26.8 Å². The van der Waals surface area contributed by atoms with E-state index in [0.717, 1.165) is 32.1 Å². The molecule has 31 heavy (non-hydrogen) atoms. The third-order valence-corrected chi connectivity index (χ3v) is 9.81. The molecular weight excluding hydrogens is 396 g/mol. The van der Waals surface area contributed by atoms with Crippen molar-refractivity contribution in [2.45, 2.75) is 89.0 Å². The van der Waals surface area contributed by atoms with Crippen molar-refractivity contribution in [3.05, 3.63) is 23.8 Å². The first-order valence-electron chi connectivity index (χ1n) is 11.9. The van der Waals surface area contributed by atoms with Crippen LogP contribution in [0.2, 0.25) is 0 Å². The fourth-order valence-electron chi connectivity index (χ4n) is 8.45. The predicted molar refractivity (Wildman–Crippen MR) is 111 cm³/mol. The second-order valence-electron chi connectivity index (χ2n) is 10.9. The van der Waals surface area contributed by atoms with Gasteiger partial charge in [-0.25, -0.2) is 0 Å². The van der Waals surface area contributed by atoms with Crippen LogP contribution in [0.15, 0.2) is 23.8 Å². The zero-order chi connectivity index (χ0) is 21.8. The molecule has 0 bridgehead atoms. The highest BCUT2D eigenvalue weighted by atomic mass is 16.7. The molecule has 2 heterocycles. The molecule has 0 aromatic heterocycles. The van der Waals surface area contributed by atoms with Crippen LogP contribution in [0.4, 0.5) is 0 Å². The maximum Gasteiger partial charge on any atom is 0.193 e. The van der Waals surface area contributed by atoms with Crippen LogP contribution in [0.5, 0.6) is 0 Å². The zero-order valence-corrected chi connectivity index (χ0v) is 18.6. The van der Waals surface area contributed by atoms with Gasteiger partial charge in [-0.2, -0.15) is 0 Å². The number of rotatable bonds is 4. The molecule has 4 unspecified atom stereocenters. The van der Waals surface area contributed by atoms with Gasteiger partial charge in [0.1, 0.15) is 12.2 Å². The number of allylic oxidation sites excluding steroid dienone is 2. The smallest absolute Gasteiger partial charge is 0.193 e. The number of ketones is 2. The minimum absolute atomic E-state index is 0.0150. The average molecular weight is 429 g/mol. The lowest BCUT2D eigenvalue weighted by atomic mass is 9.46.